The number of nitrogens with one attached hydrogen (secondary N) is 2. The maximum Gasteiger partial charge on any atom is 0.433 e. The molecule has 1 atom stereocenters. The molecule has 2 rings (SSSR count). The third-order valence-corrected chi connectivity index (χ3v) is 3.80. The van der Waals surface area contributed by atoms with E-state index in [2.05, 4.69) is 20.6 Å². The van der Waals surface area contributed by atoms with Crippen molar-refractivity contribution in [3.8, 4) is 0 Å². The Morgan fingerprint density at radius 2 is 1.88 bits per heavy atom. The predicted molar refractivity (Wildman–Crippen MR) is 91.1 cm³/mol. The number of rotatable bonds is 6. The molecule has 0 bridgehead atoms. The molecule has 0 radical (unpaired) electrons. The van der Waals surface area contributed by atoms with Crippen LogP contribution in [0.15, 0.2) is 30.3 Å². The standard InChI is InChI=1S/C16H18ClF3N4O/c1-9(2)12(8-25)22-15-23-13(16(18,19)20)7-14(24-15)21-11-6-4-3-5-10(11)17/h3-7,9,12,25H,8H2,1-2H3,(H2,21,22,23,24)/t12-/m1/s1. The first-order valence-electron chi connectivity index (χ1n) is 7.56. The molecular formula is C16H18ClF3N4O. The molecule has 0 amide bonds. The number of aromatic nitrogens is 2. The van der Waals surface area contributed by atoms with Gasteiger partial charge in [0.1, 0.15) is 5.82 Å². The van der Waals surface area contributed by atoms with Gasteiger partial charge in [-0.1, -0.05) is 37.6 Å². The first kappa shape index (κ1) is 19.3. The van der Waals surface area contributed by atoms with Gasteiger partial charge in [-0.2, -0.15) is 18.2 Å². The second kappa shape index (κ2) is 7.88. The van der Waals surface area contributed by atoms with Crippen molar-refractivity contribution in [1.29, 1.82) is 0 Å². The molecule has 136 valence electrons. The highest BCUT2D eigenvalue weighted by atomic mass is 35.5. The second-order valence-electron chi connectivity index (χ2n) is 5.74. The molecule has 9 heteroatoms. The predicted octanol–water partition coefficient (Wildman–Crippen LogP) is 4.32. The van der Waals surface area contributed by atoms with Gasteiger partial charge in [-0.3, -0.25) is 0 Å². The summed E-state index contributed by atoms with van der Waals surface area (Å²) in [4.78, 5) is 7.56. The van der Waals surface area contributed by atoms with Gasteiger partial charge in [-0.05, 0) is 18.1 Å². The average Bonchev–Trinajstić information content (AvgIpc) is 2.53. The molecule has 0 spiro atoms. The number of hydrogen-bond donors (Lipinski definition) is 3. The van der Waals surface area contributed by atoms with Crippen LogP contribution in [0.2, 0.25) is 5.02 Å². The third kappa shape index (κ3) is 5.20. The highest BCUT2D eigenvalue weighted by molar-refractivity contribution is 6.33. The Balaban J connectivity index is 2.38. The number of aliphatic hydroxyl groups excluding tert-OH is 1. The number of para-hydroxylation sites is 1. The molecule has 5 nitrogen and oxygen atoms in total. The van der Waals surface area contributed by atoms with Gasteiger partial charge in [0.05, 0.1) is 23.4 Å². The van der Waals surface area contributed by atoms with E-state index < -0.39 is 17.9 Å². The molecule has 0 saturated heterocycles. The molecule has 0 saturated carbocycles. The van der Waals surface area contributed by atoms with Crippen molar-refractivity contribution < 1.29 is 18.3 Å². The van der Waals surface area contributed by atoms with Gasteiger partial charge in [0, 0.05) is 6.07 Å². The molecule has 3 N–H and O–H groups in total. The number of alkyl halides is 3. The van der Waals surface area contributed by atoms with E-state index in [1.165, 1.54) is 0 Å². The third-order valence-electron chi connectivity index (χ3n) is 3.47. The Labute approximate surface area is 148 Å². The van der Waals surface area contributed by atoms with Crippen molar-refractivity contribution in [3.63, 3.8) is 0 Å². The molecule has 1 aromatic carbocycles. The van der Waals surface area contributed by atoms with Crippen LogP contribution in [-0.2, 0) is 6.18 Å². The van der Waals surface area contributed by atoms with Crippen LogP contribution in [-0.4, -0.2) is 27.7 Å². The second-order valence-corrected chi connectivity index (χ2v) is 6.15. The lowest BCUT2D eigenvalue weighted by atomic mass is 10.1. The Hall–Kier alpha value is -2.06. The van der Waals surface area contributed by atoms with Crippen molar-refractivity contribution in [2.24, 2.45) is 5.92 Å². The maximum atomic E-state index is 13.1. The maximum absolute atomic E-state index is 13.1. The molecular weight excluding hydrogens is 357 g/mol. The van der Waals surface area contributed by atoms with Gasteiger partial charge < -0.3 is 15.7 Å². The van der Waals surface area contributed by atoms with Crippen LogP contribution in [0.25, 0.3) is 0 Å². The van der Waals surface area contributed by atoms with Crippen LogP contribution in [0.4, 0.5) is 30.6 Å². The van der Waals surface area contributed by atoms with Gasteiger partial charge in [0.15, 0.2) is 5.69 Å². The molecule has 1 heterocycles. The summed E-state index contributed by atoms with van der Waals surface area (Å²) < 4.78 is 39.4. The van der Waals surface area contributed by atoms with Crippen LogP contribution in [0.1, 0.15) is 19.5 Å². The van der Waals surface area contributed by atoms with Gasteiger partial charge >= 0.3 is 6.18 Å². The molecule has 0 aliphatic rings. The number of nitrogens with zero attached hydrogens (tertiary/aromatic N) is 2. The quantitative estimate of drug-likeness (QED) is 0.702. The van der Waals surface area contributed by atoms with E-state index in [4.69, 9.17) is 11.6 Å². The summed E-state index contributed by atoms with van der Waals surface area (Å²) in [6.45, 7) is 3.39. The molecule has 0 aliphatic carbocycles. The first-order chi connectivity index (χ1) is 11.7. The summed E-state index contributed by atoms with van der Waals surface area (Å²) >= 11 is 6.02. The van der Waals surface area contributed by atoms with Gasteiger partial charge in [0.2, 0.25) is 5.95 Å². The summed E-state index contributed by atoms with van der Waals surface area (Å²) in [6, 6.07) is 6.95. The van der Waals surface area contributed by atoms with Crippen LogP contribution in [0.3, 0.4) is 0 Å². The molecule has 2 aromatic rings. The fourth-order valence-corrected chi connectivity index (χ4v) is 2.19. The van der Waals surface area contributed by atoms with E-state index in [0.29, 0.717) is 10.7 Å². The van der Waals surface area contributed by atoms with Crippen molar-refractivity contribution >= 4 is 29.1 Å². The Kier molecular flexibility index (Phi) is 6.07. The highest BCUT2D eigenvalue weighted by Crippen LogP contribution is 2.31. The van der Waals surface area contributed by atoms with Crippen LogP contribution < -0.4 is 10.6 Å². The largest absolute Gasteiger partial charge is 0.433 e. The summed E-state index contributed by atoms with van der Waals surface area (Å²) in [6.07, 6.45) is -4.64. The van der Waals surface area contributed by atoms with Crippen molar-refractivity contribution in [2.75, 3.05) is 17.2 Å². The molecule has 1 aromatic heterocycles. The highest BCUT2D eigenvalue weighted by Gasteiger charge is 2.34. The van der Waals surface area contributed by atoms with Gasteiger partial charge in [0.25, 0.3) is 0 Å². The zero-order chi connectivity index (χ0) is 18.6. The van der Waals surface area contributed by atoms with Crippen LogP contribution in [0, 0.1) is 5.92 Å². The minimum absolute atomic E-state index is 0.0249. The SMILES string of the molecule is CC(C)[C@@H](CO)Nc1nc(Nc2ccccc2Cl)cc(C(F)(F)F)n1. The summed E-state index contributed by atoms with van der Waals surface area (Å²) in [5.41, 5.74) is -0.676. The number of benzene rings is 1. The lowest BCUT2D eigenvalue weighted by Crippen LogP contribution is -2.30. The monoisotopic (exact) mass is 374 g/mol. The van der Waals surface area contributed by atoms with Crippen molar-refractivity contribution in [1.82, 2.24) is 9.97 Å². The van der Waals surface area contributed by atoms with Crippen LogP contribution in [0.5, 0.6) is 0 Å². The molecule has 0 fully saturated rings. The van der Waals surface area contributed by atoms with E-state index in [-0.39, 0.29) is 24.3 Å². The molecule has 0 unspecified atom stereocenters. The van der Waals surface area contributed by atoms with Gasteiger partial charge in [-0.15, -0.1) is 0 Å². The van der Waals surface area contributed by atoms with Crippen LogP contribution >= 0.6 is 11.6 Å². The summed E-state index contributed by atoms with van der Waals surface area (Å²) in [5, 5.41) is 15.2. The fraction of sp³-hybridized carbons (Fsp3) is 0.375. The Morgan fingerprint density at radius 1 is 1.20 bits per heavy atom. The topological polar surface area (TPSA) is 70.1 Å². The zero-order valence-corrected chi connectivity index (χ0v) is 14.4. The summed E-state index contributed by atoms with van der Waals surface area (Å²) in [5.74, 6) is -0.307. The van der Waals surface area contributed by atoms with E-state index in [1.54, 1.807) is 24.3 Å². The van der Waals surface area contributed by atoms with E-state index in [1.807, 2.05) is 13.8 Å². The number of halogens is 4. The smallest absolute Gasteiger partial charge is 0.394 e. The number of hydrogen-bond acceptors (Lipinski definition) is 5. The minimum atomic E-state index is -4.64. The van der Waals surface area contributed by atoms with Crippen molar-refractivity contribution in [3.05, 3.63) is 41.0 Å². The average molecular weight is 375 g/mol. The molecule has 25 heavy (non-hydrogen) atoms. The first-order valence-corrected chi connectivity index (χ1v) is 7.93. The number of anilines is 3. The van der Waals surface area contributed by atoms with Gasteiger partial charge in [-0.25, -0.2) is 4.98 Å². The van der Waals surface area contributed by atoms with E-state index in [0.717, 1.165) is 6.07 Å². The lowest BCUT2D eigenvalue weighted by molar-refractivity contribution is -0.141. The van der Waals surface area contributed by atoms with Crippen molar-refractivity contribution in [2.45, 2.75) is 26.1 Å². The Morgan fingerprint density at radius 3 is 2.44 bits per heavy atom. The van der Waals surface area contributed by atoms with E-state index >= 15 is 0 Å². The Bertz CT molecular complexity index is 725. The summed E-state index contributed by atoms with van der Waals surface area (Å²) in [7, 11) is 0. The minimum Gasteiger partial charge on any atom is -0.394 e. The normalized spacial score (nSPS) is 13.0. The lowest BCUT2D eigenvalue weighted by Gasteiger charge is -2.21. The zero-order valence-electron chi connectivity index (χ0n) is 13.6. The molecule has 0 aliphatic heterocycles. The number of aliphatic hydroxyl groups is 1. The fourth-order valence-electron chi connectivity index (χ4n) is 2.01. The van der Waals surface area contributed by atoms with E-state index in [9.17, 15) is 18.3 Å².